The zero-order valence-corrected chi connectivity index (χ0v) is 13.3. The van der Waals surface area contributed by atoms with Gasteiger partial charge in [0.15, 0.2) is 0 Å². The molecule has 4 heteroatoms. The minimum Gasteiger partial charge on any atom is -0.338 e. The Kier molecular flexibility index (Phi) is 7.99. The Hall–Kier alpha value is -0.670. The fraction of sp³-hybridized carbons (Fsp3) is 0.533. The van der Waals surface area contributed by atoms with Crippen molar-refractivity contribution in [2.45, 2.75) is 32.7 Å². The van der Waals surface area contributed by atoms with Gasteiger partial charge in [-0.2, -0.15) is 11.8 Å². The summed E-state index contributed by atoms with van der Waals surface area (Å²) in [5, 5.41) is 0.733. The molecule has 0 N–H and O–H groups in total. The maximum absolute atomic E-state index is 12.1. The maximum atomic E-state index is 12.1. The molecule has 0 spiro atoms. The quantitative estimate of drug-likeness (QED) is 0.670. The molecule has 19 heavy (non-hydrogen) atoms. The first-order chi connectivity index (χ1) is 9.17. The molecule has 0 bridgehead atoms. The second kappa shape index (κ2) is 9.27. The van der Waals surface area contributed by atoms with Crippen LogP contribution in [0.5, 0.6) is 0 Å². The fourth-order valence-electron chi connectivity index (χ4n) is 1.87. The van der Waals surface area contributed by atoms with Crippen LogP contribution in [0, 0.1) is 0 Å². The van der Waals surface area contributed by atoms with Gasteiger partial charge in [0.1, 0.15) is 0 Å². The molecular weight excluding hydrogens is 278 g/mol. The highest BCUT2D eigenvalue weighted by molar-refractivity contribution is 7.99. The highest BCUT2D eigenvalue weighted by Crippen LogP contribution is 2.13. The average Bonchev–Trinajstić information content (AvgIpc) is 2.40. The van der Waals surface area contributed by atoms with E-state index < -0.39 is 0 Å². The predicted molar refractivity (Wildman–Crippen MR) is 84.8 cm³/mol. The molecule has 0 radical (unpaired) electrons. The minimum absolute atomic E-state index is 0.221. The lowest BCUT2D eigenvalue weighted by Crippen LogP contribution is -2.32. The van der Waals surface area contributed by atoms with Crippen LogP contribution < -0.4 is 0 Å². The van der Waals surface area contributed by atoms with Crippen molar-refractivity contribution < 1.29 is 4.79 Å². The summed E-state index contributed by atoms with van der Waals surface area (Å²) in [6.07, 6.45) is 5.38. The van der Waals surface area contributed by atoms with E-state index in [2.05, 4.69) is 6.92 Å². The van der Waals surface area contributed by atoms with Gasteiger partial charge in [-0.1, -0.05) is 43.5 Å². The Balaban J connectivity index is 2.61. The van der Waals surface area contributed by atoms with Crippen LogP contribution in [-0.4, -0.2) is 29.4 Å². The van der Waals surface area contributed by atoms with E-state index >= 15 is 0 Å². The van der Waals surface area contributed by atoms with Crippen LogP contribution in [0.25, 0.3) is 0 Å². The second-order valence-corrected chi connectivity index (χ2v) is 5.88. The van der Waals surface area contributed by atoms with Crippen LogP contribution in [-0.2, 0) is 11.3 Å². The van der Waals surface area contributed by atoms with Gasteiger partial charge in [-0.15, -0.1) is 0 Å². The molecule has 106 valence electrons. The molecule has 0 fully saturated rings. The summed E-state index contributed by atoms with van der Waals surface area (Å²) in [7, 11) is 0. The van der Waals surface area contributed by atoms with E-state index in [4.69, 9.17) is 11.6 Å². The predicted octanol–water partition coefficient (Wildman–Crippen LogP) is 4.22. The van der Waals surface area contributed by atoms with Crippen molar-refractivity contribution in [2.75, 3.05) is 18.6 Å². The Morgan fingerprint density at radius 3 is 2.53 bits per heavy atom. The third kappa shape index (κ3) is 6.35. The van der Waals surface area contributed by atoms with Crippen molar-refractivity contribution in [3.63, 3.8) is 0 Å². The largest absolute Gasteiger partial charge is 0.338 e. The first-order valence-electron chi connectivity index (χ1n) is 6.68. The Morgan fingerprint density at radius 2 is 1.95 bits per heavy atom. The second-order valence-electron chi connectivity index (χ2n) is 4.58. The van der Waals surface area contributed by atoms with Gasteiger partial charge in [0.2, 0.25) is 5.91 Å². The topological polar surface area (TPSA) is 20.3 Å². The highest BCUT2D eigenvalue weighted by atomic mass is 35.5. The SMILES string of the molecule is CCCCCN(Cc1ccc(Cl)cc1)C(=O)CSC. The van der Waals surface area contributed by atoms with E-state index in [-0.39, 0.29) is 5.91 Å². The molecule has 2 nitrogen and oxygen atoms in total. The molecule has 0 heterocycles. The van der Waals surface area contributed by atoms with Crippen LogP contribution in [0.15, 0.2) is 24.3 Å². The van der Waals surface area contributed by atoms with Crippen LogP contribution in [0.2, 0.25) is 5.02 Å². The van der Waals surface area contributed by atoms with Crippen molar-refractivity contribution in [2.24, 2.45) is 0 Å². The molecule has 0 aliphatic heterocycles. The molecule has 0 aliphatic rings. The van der Waals surface area contributed by atoms with Gasteiger partial charge in [-0.25, -0.2) is 0 Å². The molecule has 1 amide bonds. The van der Waals surface area contributed by atoms with Crippen molar-refractivity contribution in [3.8, 4) is 0 Å². The summed E-state index contributed by atoms with van der Waals surface area (Å²) in [4.78, 5) is 14.0. The number of thioether (sulfide) groups is 1. The summed E-state index contributed by atoms with van der Waals surface area (Å²) in [6, 6.07) is 7.73. The lowest BCUT2D eigenvalue weighted by molar-refractivity contribution is -0.129. The van der Waals surface area contributed by atoms with E-state index in [0.29, 0.717) is 12.3 Å². The van der Waals surface area contributed by atoms with E-state index in [0.717, 1.165) is 23.6 Å². The number of unbranched alkanes of at least 4 members (excludes halogenated alkanes) is 2. The molecule has 0 atom stereocenters. The number of hydrogen-bond acceptors (Lipinski definition) is 2. The van der Waals surface area contributed by atoms with Crippen molar-refractivity contribution in [3.05, 3.63) is 34.9 Å². The lowest BCUT2D eigenvalue weighted by Gasteiger charge is -2.22. The first kappa shape index (κ1) is 16.4. The Bertz CT molecular complexity index is 380. The van der Waals surface area contributed by atoms with E-state index in [1.165, 1.54) is 12.8 Å². The van der Waals surface area contributed by atoms with Gasteiger partial charge >= 0.3 is 0 Å². The monoisotopic (exact) mass is 299 g/mol. The van der Waals surface area contributed by atoms with E-state index in [9.17, 15) is 4.79 Å². The molecule has 0 saturated carbocycles. The number of benzene rings is 1. The van der Waals surface area contributed by atoms with Gasteiger partial charge < -0.3 is 4.90 Å². The van der Waals surface area contributed by atoms with Crippen LogP contribution >= 0.6 is 23.4 Å². The Morgan fingerprint density at radius 1 is 1.26 bits per heavy atom. The van der Waals surface area contributed by atoms with Crippen molar-refractivity contribution >= 4 is 29.3 Å². The van der Waals surface area contributed by atoms with E-state index in [1.807, 2.05) is 35.4 Å². The average molecular weight is 300 g/mol. The van der Waals surface area contributed by atoms with Crippen LogP contribution in [0.3, 0.4) is 0 Å². The summed E-state index contributed by atoms with van der Waals surface area (Å²) >= 11 is 7.46. The number of halogens is 1. The number of carbonyl (C=O) groups excluding carboxylic acids is 1. The third-order valence-corrected chi connectivity index (χ3v) is 3.73. The normalized spacial score (nSPS) is 10.5. The zero-order valence-electron chi connectivity index (χ0n) is 11.7. The van der Waals surface area contributed by atoms with E-state index in [1.54, 1.807) is 11.8 Å². The summed E-state index contributed by atoms with van der Waals surface area (Å²) < 4.78 is 0. The van der Waals surface area contributed by atoms with Gasteiger partial charge in [-0.05, 0) is 30.4 Å². The zero-order chi connectivity index (χ0) is 14.1. The van der Waals surface area contributed by atoms with Crippen LogP contribution in [0.1, 0.15) is 31.7 Å². The molecule has 0 aromatic heterocycles. The van der Waals surface area contributed by atoms with Gasteiger partial charge in [-0.3, -0.25) is 4.79 Å². The Labute approximate surface area is 125 Å². The highest BCUT2D eigenvalue weighted by Gasteiger charge is 2.12. The maximum Gasteiger partial charge on any atom is 0.232 e. The van der Waals surface area contributed by atoms with Crippen molar-refractivity contribution in [1.29, 1.82) is 0 Å². The van der Waals surface area contributed by atoms with Crippen LogP contribution in [0.4, 0.5) is 0 Å². The molecule has 0 saturated heterocycles. The number of nitrogens with zero attached hydrogens (tertiary/aromatic N) is 1. The number of hydrogen-bond donors (Lipinski definition) is 0. The standard InChI is InChI=1S/C15H22ClNOS/c1-3-4-5-10-17(15(18)12-19-2)11-13-6-8-14(16)9-7-13/h6-9H,3-5,10-12H2,1-2H3. The number of carbonyl (C=O) groups is 1. The summed E-state index contributed by atoms with van der Waals surface area (Å²) in [6.45, 7) is 3.70. The fourth-order valence-corrected chi connectivity index (χ4v) is 2.43. The first-order valence-corrected chi connectivity index (χ1v) is 8.45. The molecular formula is C15H22ClNOS. The van der Waals surface area contributed by atoms with Gasteiger partial charge in [0.05, 0.1) is 5.75 Å². The molecule has 1 aromatic carbocycles. The molecule has 1 rings (SSSR count). The lowest BCUT2D eigenvalue weighted by atomic mass is 10.2. The third-order valence-electron chi connectivity index (χ3n) is 2.94. The summed E-state index contributed by atoms with van der Waals surface area (Å²) in [5.74, 6) is 0.776. The number of rotatable bonds is 8. The molecule has 1 aromatic rings. The van der Waals surface area contributed by atoms with Crippen molar-refractivity contribution in [1.82, 2.24) is 4.90 Å². The van der Waals surface area contributed by atoms with Gasteiger partial charge in [0.25, 0.3) is 0 Å². The number of amides is 1. The smallest absolute Gasteiger partial charge is 0.232 e. The minimum atomic E-state index is 0.221. The molecule has 0 unspecified atom stereocenters. The summed E-state index contributed by atoms with van der Waals surface area (Å²) in [5.41, 5.74) is 1.13. The molecule has 0 aliphatic carbocycles. The van der Waals surface area contributed by atoms with Gasteiger partial charge in [0, 0.05) is 18.1 Å².